The van der Waals surface area contributed by atoms with Crippen molar-refractivity contribution in [2.24, 2.45) is 11.8 Å². The Labute approximate surface area is 183 Å². The number of rotatable bonds is 6. The fourth-order valence-corrected chi connectivity index (χ4v) is 7.11. The predicted octanol–water partition coefficient (Wildman–Crippen LogP) is 2.53. The van der Waals surface area contributed by atoms with Crippen LogP contribution in [-0.4, -0.2) is 66.0 Å². The Morgan fingerprint density at radius 2 is 2.19 bits per heavy atom. The second-order valence-corrected chi connectivity index (χ2v) is 10.3. The Bertz CT molecular complexity index is 902. The van der Waals surface area contributed by atoms with Crippen LogP contribution in [0.3, 0.4) is 0 Å². The van der Waals surface area contributed by atoms with Crippen LogP contribution in [0.4, 0.5) is 0 Å². The van der Waals surface area contributed by atoms with Crippen LogP contribution in [0, 0.1) is 11.8 Å². The van der Waals surface area contributed by atoms with Crippen LogP contribution in [-0.2, 0) is 16.6 Å². The van der Waals surface area contributed by atoms with Crippen LogP contribution < -0.4 is 14.8 Å². The third-order valence-electron chi connectivity index (χ3n) is 8.32. The molecular formula is C24H34N2O5. The standard InChI is InChI=1S/C24H34N2O5/c1-12(2)9-16(23(28)29)25-15-6-5-14-17-10-13-19(30-4)11-18(27)21-20(13)24(14,22(15)31-21)7-8-26(17)3/h11-12,14-17,22,25,27H,5-10H2,1-4H3,(H,28,29)/t14-,15-,16-,17+,22-,24-/m0/s1. The van der Waals surface area contributed by atoms with Crippen molar-refractivity contribution in [1.29, 1.82) is 0 Å². The highest BCUT2D eigenvalue weighted by molar-refractivity contribution is 5.73. The van der Waals surface area contributed by atoms with Crippen LogP contribution in [0.25, 0.3) is 0 Å². The number of carboxylic acids is 1. The van der Waals surface area contributed by atoms with Crippen molar-refractivity contribution < 1.29 is 24.5 Å². The molecule has 7 heteroatoms. The quantitative estimate of drug-likeness (QED) is 0.639. The first-order chi connectivity index (χ1) is 14.8. The van der Waals surface area contributed by atoms with E-state index in [0.717, 1.165) is 49.1 Å². The minimum Gasteiger partial charge on any atom is -0.504 e. The number of methoxy groups -OCH3 is 1. The first kappa shape index (κ1) is 20.9. The summed E-state index contributed by atoms with van der Waals surface area (Å²) in [5.74, 6) is 1.37. The molecule has 2 heterocycles. The fraction of sp³-hybridized carbons (Fsp3) is 0.708. The number of nitrogens with one attached hydrogen (secondary N) is 1. The second kappa shape index (κ2) is 7.27. The molecule has 3 N–H and O–H groups in total. The maximum Gasteiger partial charge on any atom is 0.320 e. The molecule has 31 heavy (non-hydrogen) atoms. The minimum atomic E-state index is -0.807. The van der Waals surface area contributed by atoms with Gasteiger partial charge in [0.2, 0.25) is 0 Å². The monoisotopic (exact) mass is 430 g/mol. The molecule has 1 saturated carbocycles. The van der Waals surface area contributed by atoms with Gasteiger partial charge in [0, 0.05) is 34.7 Å². The summed E-state index contributed by atoms with van der Waals surface area (Å²) in [6, 6.07) is 1.42. The van der Waals surface area contributed by atoms with Crippen molar-refractivity contribution in [2.45, 2.75) is 75.6 Å². The lowest BCUT2D eigenvalue weighted by Gasteiger charge is -2.59. The highest BCUT2D eigenvalue weighted by Gasteiger charge is 2.66. The van der Waals surface area contributed by atoms with Crippen LogP contribution in [0.15, 0.2) is 6.07 Å². The molecule has 1 aromatic carbocycles. The Balaban J connectivity index is 1.60. The average Bonchev–Trinajstić information content (AvgIpc) is 3.07. The van der Waals surface area contributed by atoms with Crippen molar-refractivity contribution in [2.75, 3.05) is 20.7 Å². The number of aromatic hydroxyl groups is 1. The van der Waals surface area contributed by atoms with Gasteiger partial charge in [0.1, 0.15) is 17.9 Å². The lowest BCUT2D eigenvalue weighted by Crippen LogP contribution is -2.68. The maximum atomic E-state index is 12.0. The molecule has 4 aliphatic rings. The van der Waals surface area contributed by atoms with Gasteiger partial charge in [-0.2, -0.15) is 0 Å². The number of nitrogens with zero attached hydrogens (tertiary/aromatic N) is 1. The molecule has 1 saturated heterocycles. The molecule has 0 radical (unpaired) electrons. The molecule has 0 aromatic heterocycles. The highest BCUT2D eigenvalue weighted by Crippen LogP contribution is 2.65. The molecule has 2 aliphatic heterocycles. The summed E-state index contributed by atoms with van der Waals surface area (Å²) in [5, 5.41) is 24.1. The molecule has 0 amide bonds. The number of carboxylic acid groups (broad SMARTS) is 1. The van der Waals surface area contributed by atoms with E-state index in [-0.39, 0.29) is 29.2 Å². The third kappa shape index (κ3) is 2.89. The third-order valence-corrected chi connectivity index (χ3v) is 8.32. The Kier molecular flexibility index (Phi) is 4.90. The summed E-state index contributed by atoms with van der Waals surface area (Å²) < 4.78 is 12.2. The van der Waals surface area contributed by atoms with Gasteiger partial charge in [-0.3, -0.25) is 10.1 Å². The SMILES string of the molecule is COc1cc(O)c2c3c1C[C@@H]1[C@@H]4CC[C@H](N[C@@H](CC(C)C)C(=O)O)[C@H](O2)[C@]34CCN1C. The zero-order chi connectivity index (χ0) is 22.1. The zero-order valence-electron chi connectivity index (χ0n) is 18.9. The van der Waals surface area contributed by atoms with E-state index in [9.17, 15) is 15.0 Å². The Morgan fingerprint density at radius 3 is 2.87 bits per heavy atom. The first-order valence-electron chi connectivity index (χ1n) is 11.6. The lowest BCUT2D eigenvalue weighted by molar-refractivity contribution is -0.141. The number of phenolic OH excluding ortho intramolecular Hbond substituents is 1. The molecule has 2 aliphatic carbocycles. The topological polar surface area (TPSA) is 91.3 Å². The largest absolute Gasteiger partial charge is 0.504 e. The molecule has 5 rings (SSSR count). The molecule has 1 spiro atoms. The van der Waals surface area contributed by atoms with Crippen molar-refractivity contribution in [3.05, 3.63) is 17.2 Å². The predicted molar refractivity (Wildman–Crippen MR) is 116 cm³/mol. The lowest BCUT2D eigenvalue weighted by atomic mass is 9.51. The number of aliphatic carboxylic acids is 1. The first-order valence-corrected chi connectivity index (χ1v) is 11.6. The van der Waals surface area contributed by atoms with Gasteiger partial charge in [-0.25, -0.2) is 0 Å². The number of likely N-dealkylation sites (tertiary alicyclic amines) is 1. The molecule has 2 fully saturated rings. The van der Waals surface area contributed by atoms with Gasteiger partial charge in [0.05, 0.1) is 7.11 Å². The van der Waals surface area contributed by atoms with Gasteiger partial charge in [0.25, 0.3) is 0 Å². The van der Waals surface area contributed by atoms with Crippen LogP contribution >= 0.6 is 0 Å². The number of ether oxygens (including phenoxy) is 2. The van der Waals surface area contributed by atoms with Gasteiger partial charge in [-0.1, -0.05) is 13.8 Å². The molecule has 6 atom stereocenters. The number of carbonyl (C=O) groups is 1. The van der Waals surface area contributed by atoms with E-state index < -0.39 is 12.0 Å². The summed E-state index contributed by atoms with van der Waals surface area (Å²) in [6.07, 6.45) is 4.15. The number of phenols is 1. The van der Waals surface area contributed by atoms with Gasteiger partial charge in [0.15, 0.2) is 11.5 Å². The van der Waals surface area contributed by atoms with Crippen molar-refractivity contribution >= 4 is 5.97 Å². The maximum absolute atomic E-state index is 12.0. The number of hydrogen-bond acceptors (Lipinski definition) is 6. The van der Waals surface area contributed by atoms with Gasteiger partial charge < -0.3 is 24.6 Å². The normalized spacial score (nSPS) is 34.2. The molecule has 2 bridgehead atoms. The van der Waals surface area contributed by atoms with Gasteiger partial charge in [-0.15, -0.1) is 0 Å². The van der Waals surface area contributed by atoms with Crippen LogP contribution in [0.5, 0.6) is 17.2 Å². The van der Waals surface area contributed by atoms with E-state index in [2.05, 4.69) is 31.1 Å². The highest BCUT2D eigenvalue weighted by atomic mass is 16.5. The van der Waals surface area contributed by atoms with E-state index >= 15 is 0 Å². The van der Waals surface area contributed by atoms with Gasteiger partial charge >= 0.3 is 5.97 Å². The Morgan fingerprint density at radius 1 is 1.42 bits per heavy atom. The zero-order valence-corrected chi connectivity index (χ0v) is 18.9. The summed E-state index contributed by atoms with van der Waals surface area (Å²) >= 11 is 0. The van der Waals surface area contributed by atoms with Crippen LogP contribution in [0.1, 0.15) is 50.7 Å². The van der Waals surface area contributed by atoms with E-state index in [1.165, 1.54) is 0 Å². The average molecular weight is 431 g/mol. The molecule has 170 valence electrons. The number of likely N-dealkylation sites (N-methyl/N-ethyl adjacent to an activating group) is 1. The smallest absolute Gasteiger partial charge is 0.320 e. The summed E-state index contributed by atoms with van der Waals surface area (Å²) in [5.41, 5.74) is 2.08. The van der Waals surface area contributed by atoms with Crippen molar-refractivity contribution in [1.82, 2.24) is 10.2 Å². The molecule has 1 aromatic rings. The minimum absolute atomic E-state index is 0.0658. The number of hydrogen-bond donors (Lipinski definition) is 3. The second-order valence-electron chi connectivity index (χ2n) is 10.3. The van der Waals surface area contributed by atoms with Gasteiger partial charge in [-0.05, 0) is 57.5 Å². The fourth-order valence-electron chi connectivity index (χ4n) is 7.11. The van der Waals surface area contributed by atoms with E-state index in [4.69, 9.17) is 9.47 Å². The van der Waals surface area contributed by atoms with E-state index in [0.29, 0.717) is 24.1 Å². The van der Waals surface area contributed by atoms with E-state index in [1.54, 1.807) is 13.2 Å². The summed E-state index contributed by atoms with van der Waals surface area (Å²) in [6.45, 7) is 5.07. The molecule has 0 unspecified atom stereocenters. The number of benzene rings is 1. The summed E-state index contributed by atoms with van der Waals surface area (Å²) in [7, 11) is 3.86. The molecular weight excluding hydrogens is 396 g/mol. The van der Waals surface area contributed by atoms with Crippen molar-refractivity contribution in [3.63, 3.8) is 0 Å². The van der Waals surface area contributed by atoms with Crippen LogP contribution in [0.2, 0.25) is 0 Å². The molecule has 7 nitrogen and oxygen atoms in total. The van der Waals surface area contributed by atoms with Crippen molar-refractivity contribution in [3.8, 4) is 17.2 Å². The summed E-state index contributed by atoms with van der Waals surface area (Å²) in [4.78, 5) is 14.4. The number of piperidine rings is 1. The van der Waals surface area contributed by atoms with E-state index in [1.807, 2.05) is 0 Å². The Hall–Kier alpha value is -1.99.